The Bertz CT molecular complexity index is 388. The molecule has 2 nitrogen and oxygen atoms in total. The molecule has 1 aromatic rings. The van der Waals surface area contributed by atoms with Crippen molar-refractivity contribution >= 4 is 21.8 Å². The number of halogens is 1. The number of hydrogen-bond acceptors (Lipinski definition) is 1. The molecule has 1 rings (SSSR count). The van der Waals surface area contributed by atoms with Crippen LogP contribution in [-0.4, -0.2) is 24.4 Å². The summed E-state index contributed by atoms with van der Waals surface area (Å²) in [5.74, 6) is 0.557. The Hall–Kier alpha value is -0.830. The van der Waals surface area contributed by atoms with E-state index in [1.165, 1.54) is 0 Å². The van der Waals surface area contributed by atoms with Gasteiger partial charge in [-0.25, -0.2) is 0 Å². The Morgan fingerprint density at radius 2 is 2.06 bits per heavy atom. The molecule has 0 aliphatic carbocycles. The van der Waals surface area contributed by atoms with Crippen molar-refractivity contribution in [1.82, 2.24) is 4.90 Å². The standard InChI is InChI=1S/C13H18BrNO/c1-9(2)8-15(4)13(16)11-7-5-6-10(3)12(11)14/h5-7,9H,8H2,1-4H3. The number of carbonyl (C=O) groups is 1. The van der Waals surface area contributed by atoms with Crippen LogP contribution in [0.25, 0.3) is 0 Å². The van der Waals surface area contributed by atoms with Crippen LogP contribution < -0.4 is 0 Å². The highest BCUT2D eigenvalue weighted by molar-refractivity contribution is 9.10. The zero-order valence-corrected chi connectivity index (χ0v) is 11.8. The van der Waals surface area contributed by atoms with Gasteiger partial charge in [0.15, 0.2) is 0 Å². The summed E-state index contributed by atoms with van der Waals surface area (Å²) in [5, 5.41) is 0. The summed E-state index contributed by atoms with van der Waals surface area (Å²) in [6, 6.07) is 5.76. The second-order valence-electron chi connectivity index (χ2n) is 4.52. The number of rotatable bonds is 3. The fourth-order valence-electron chi connectivity index (χ4n) is 1.65. The maximum atomic E-state index is 12.1. The lowest BCUT2D eigenvalue weighted by molar-refractivity contribution is 0.0778. The number of carbonyl (C=O) groups excluding carboxylic acids is 1. The number of benzene rings is 1. The zero-order valence-electron chi connectivity index (χ0n) is 10.2. The smallest absolute Gasteiger partial charge is 0.254 e. The molecule has 0 aliphatic rings. The minimum absolute atomic E-state index is 0.0734. The van der Waals surface area contributed by atoms with Gasteiger partial charge in [-0.1, -0.05) is 26.0 Å². The van der Waals surface area contributed by atoms with E-state index in [0.29, 0.717) is 5.92 Å². The van der Waals surface area contributed by atoms with Crippen molar-refractivity contribution in [3.05, 3.63) is 33.8 Å². The van der Waals surface area contributed by atoms with Crippen LogP contribution in [0.2, 0.25) is 0 Å². The Morgan fingerprint density at radius 3 is 2.62 bits per heavy atom. The van der Waals surface area contributed by atoms with Crippen molar-refractivity contribution in [2.45, 2.75) is 20.8 Å². The first-order valence-electron chi connectivity index (χ1n) is 5.44. The Kier molecular flexibility index (Phi) is 4.54. The van der Waals surface area contributed by atoms with Crippen molar-refractivity contribution < 1.29 is 4.79 Å². The molecule has 0 aromatic heterocycles. The summed E-state index contributed by atoms with van der Waals surface area (Å²) in [4.78, 5) is 13.9. The SMILES string of the molecule is Cc1cccc(C(=O)N(C)CC(C)C)c1Br. The minimum atomic E-state index is 0.0734. The molecule has 0 aliphatic heterocycles. The molecule has 0 unspecified atom stereocenters. The van der Waals surface area contributed by atoms with E-state index < -0.39 is 0 Å². The van der Waals surface area contributed by atoms with E-state index in [1.54, 1.807) is 4.90 Å². The molecule has 0 radical (unpaired) electrons. The van der Waals surface area contributed by atoms with Crippen LogP contribution in [0.3, 0.4) is 0 Å². The quantitative estimate of drug-likeness (QED) is 0.832. The monoisotopic (exact) mass is 283 g/mol. The molecule has 1 aromatic carbocycles. The van der Waals surface area contributed by atoms with Gasteiger partial charge in [0, 0.05) is 18.1 Å². The van der Waals surface area contributed by atoms with Crippen molar-refractivity contribution in [1.29, 1.82) is 0 Å². The number of hydrogen-bond donors (Lipinski definition) is 0. The molecule has 0 saturated heterocycles. The van der Waals surface area contributed by atoms with Gasteiger partial charge < -0.3 is 4.90 Å². The lowest BCUT2D eigenvalue weighted by Gasteiger charge is -2.20. The summed E-state index contributed by atoms with van der Waals surface area (Å²) in [6.45, 7) is 6.98. The predicted molar refractivity (Wildman–Crippen MR) is 70.7 cm³/mol. The first kappa shape index (κ1) is 13.2. The van der Waals surface area contributed by atoms with Crippen LogP contribution in [-0.2, 0) is 0 Å². The van der Waals surface area contributed by atoms with Gasteiger partial charge in [0.2, 0.25) is 0 Å². The summed E-state index contributed by atoms with van der Waals surface area (Å²) < 4.78 is 0.899. The molecule has 0 atom stereocenters. The molecule has 0 saturated carbocycles. The normalized spacial score (nSPS) is 10.6. The van der Waals surface area contributed by atoms with Gasteiger partial charge in [-0.2, -0.15) is 0 Å². The third kappa shape index (κ3) is 3.08. The molecule has 0 spiro atoms. The minimum Gasteiger partial charge on any atom is -0.341 e. The highest BCUT2D eigenvalue weighted by atomic mass is 79.9. The molecule has 0 heterocycles. The second kappa shape index (κ2) is 5.48. The first-order chi connectivity index (χ1) is 7.43. The summed E-state index contributed by atoms with van der Waals surface area (Å²) in [5.41, 5.74) is 1.83. The van der Waals surface area contributed by atoms with Gasteiger partial charge in [0.1, 0.15) is 0 Å². The van der Waals surface area contributed by atoms with E-state index in [-0.39, 0.29) is 5.91 Å². The van der Waals surface area contributed by atoms with Crippen LogP contribution in [0.1, 0.15) is 29.8 Å². The van der Waals surface area contributed by atoms with Gasteiger partial charge in [-0.05, 0) is 40.4 Å². The largest absolute Gasteiger partial charge is 0.341 e. The third-order valence-corrected chi connectivity index (χ3v) is 3.46. The molecule has 0 N–H and O–H groups in total. The van der Waals surface area contributed by atoms with Crippen LogP contribution in [0.5, 0.6) is 0 Å². The van der Waals surface area contributed by atoms with Crippen molar-refractivity contribution in [3.8, 4) is 0 Å². The van der Waals surface area contributed by atoms with Gasteiger partial charge in [0.25, 0.3) is 5.91 Å². The van der Waals surface area contributed by atoms with Gasteiger partial charge in [-0.3, -0.25) is 4.79 Å². The summed E-state index contributed by atoms with van der Waals surface area (Å²) >= 11 is 3.47. The molecule has 3 heteroatoms. The molecule has 0 bridgehead atoms. The fourth-order valence-corrected chi connectivity index (χ4v) is 2.08. The zero-order chi connectivity index (χ0) is 12.3. The van der Waals surface area contributed by atoms with Crippen molar-refractivity contribution in [3.63, 3.8) is 0 Å². The van der Waals surface area contributed by atoms with Gasteiger partial charge in [0.05, 0.1) is 5.56 Å². The second-order valence-corrected chi connectivity index (χ2v) is 5.31. The fraction of sp³-hybridized carbons (Fsp3) is 0.462. The Balaban J connectivity index is 2.92. The van der Waals surface area contributed by atoms with Gasteiger partial charge >= 0.3 is 0 Å². The molecule has 16 heavy (non-hydrogen) atoms. The van der Waals surface area contributed by atoms with E-state index in [9.17, 15) is 4.79 Å². The number of amides is 1. The van der Waals surface area contributed by atoms with E-state index in [1.807, 2.05) is 32.2 Å². The van der Waals surface area contributed by atoms with E-state index in [0.717, 1.165) is 22.1 Å². The van der Waals surface area contributed by atoms with Gasteiger partial charge in [-0.15, -0.1) is 0 Å². The lowest BCUT2D eigenvalue weighted by atomic mass is 10.1. The average Bonchev–Trinajstić information content (AvgIpc) is 2.20. The first-order valence-corrected chi connectivity index (χ1v) is 6.23. The molecular weight excluding hydrogens is 266 g/mol. The molecular formula is C13H18BrNO. The highest BCUT2D eigenvalue weighted by Gasteiger charge is 2.16. The van der Waals surface area contributed by atoms with Crippen molar-refractivity contribution in [2.75, 3.05) is 13.6 Å². The van der Waals surface area contributed by atoms with E-state index in [2.05, 4.69) is 29.8 Å². The Labute approximate surface area is 106 Å². The maximum Gasteiger partial charge on any atom is 0.254 e. The molecule has 1 amide bonds. The lowest BCUT2D eigenvalue weighted by Crippen LogP contribution is -2.30. The topological polar surface area (TPSA) is 20.3 Å². The van der Waals surface area contributed by atoms with Crippen LogP contribution in [0.4, 0.5) is 0 Å². The number of aryl methyl sites for hydroxylation is 1. The van der Waals surface area contributed by atoms with Crippen LogP contribution >= 0.6 is 15.9 Å². The summed E-state index contributed by atoms with van der Waals surface area (Å²) in [7, 11) is 1.84. The molecule has 0 fully saturated rings. The molecule has 88 valence electrons. The third-order valence-electron chi connectivity index (χ3n) is 2.41. The Morgan fingerprint density at radius 1 is 1.44 bits per heavy atom. The van der Waals surface area contributed by atoms with E-state index >= 15 is 0 Å². The van der Waals surface area contributed by atoms with Crippen LogP contribution in [0.15, 0.2) is 22.7 Å². The van der Waals surface area contributed by atoms with Crippen molar-refractivity contribution in [2.24, 2.45) is 5.92 Å². The average molecular weight is 284 g/mol. The highest BCUT2D eigenvalue weighted by Crippen LogP contribution is 2.22. The van der Waals surface area contributed by atoms with Crippen LogP contribution in [0, 0.1) is 12.8 Å². The maximum absolute atomic E-state index is 12.1. The summed E-state index contributed by atoms with van der Waals surface area (Å²) in [6.07, 6.45) is 0. The number of nitrogens with zero attached hydrogens (tertiary/aromatic N) is 1. The van der Waals surface area contributed by atoms with E-state index in [4.69, 9.17) is 0 Å². The predicted octanol–water partition coefficient (Wildman–Crippen LogP) is 3.49.